The van der Waals surface area contributed by atoms with Crippen molar-refractivity contribution in [3.63, 3.8) is 0 Å². The number of hydrogen-bond donors (Lipinski definition) is 1. The molecule has 0 bridgehead atoms. The lowest BCUT2D eigenvalue weighted by atomic mass is 10.1. The highest BCUT2D eigenvalue weighted by Crippen LogP contribution is 2.25. The molecule has 0 aliphatic heterocycles. The molecule has 0 radical (unpaired) electrons. The molecule has 2 aromatic rings. The van der Waals surface area contributed by atoms with Crippen molar-refractivity contribution in [1.29, 1.82) is 0 Å². The Morgan fingerprint density at radius 2 is 1.52 bits per heavy atom. The molecule has 0 fully saturated rings. The van der Waals surface area contributed by atoms with E-state index < -0.39 is 0 Å². The summed E-state index contributed by atoms with van der Waals surface area (Å²) in [4.78, 5) is 1.23. The van der Waals surface area contributed by atoms with Gasteiger partial charge in [0.2, 0.25) is 0 Å². The van der Waals surface area contributed by atoms with Gasteiger partial charge in [-0.1, -0.05) is 83.3 Å². The van der Waals surface area contributed by atoms with E-state index in [2.05, 4.69) is 52.2 Å². The fourth-order valence-corrected chi connectivity index (χ4v) is 4.34. The molecule has 0 aliphatic rings. The summed E-state index contributed by atoms with van der Waals surface area (Å²) in [5.74, 6) is 1.05. The first-order valence-electron chi connectivity index (χ1n) is 10.6. The Hall–Kier alpha value is -1.07. The molecule has 0 saturated heterocycles. The smallest absolute Gasteiger partial charge is 0.199 e. The Bertz CT molecular complexity index is 706. The number of hydrogen-bond acceptors (Lipinski definition) is 3. The SMILES string of the molecule is CCCCCCCCCCCCCc1n[nH]c(=S)n1-c1ccccc1SC. The predicted molar refractivity (Wildman–Crippen MR) is 121 cm³/mol. The van der Waals surface area contributed by atoms with Crippen LogP contribution in [0.25, 0.3) is 5.69 Å². The molecule has 0 amide bonds. The highest BCUT2D eigenvalue weighted by molar-refractivity contribution is 7.98. The summed E-state index contributed by atoms with van der Waals surface area (Å²) >= 11 is 7.23. The lowest BCUT2D eigenvalue weighted by Gasteiger charge is -2.10. The van der Waals surface area contributed by atoms with Crippen molar-refractivity contribution >= 4 is 24.0 Å². The number of aromatic amines is 1. The van der Waals surface area contributed by atoms with Crippen LogP contribution in [0.15, 0.2) is 29.2 Å². The van der Waals surface area contributed by atoms with Gasteiger partial charge in [0, 0.05) is 11.3 Å². The second-order valence-corrected chi connectivity index (χ2v) is 8.47. The summed E-state index contributed by atoms with van der Waals surface area (Å²) in [5.41, 5.74) is 1.14. The molecule has 27 heavy (non-hydrogen) atoms. The van der Waals surface area contributed by atoms with Crippen LogP contribution in [0.5, 0.6) is 0 Å². The minimum atomic E-state index is 0.689. The molecule has 150 valence electrons. The number of thioether (sulfide) groups is 1. The summed E-state index contributed by atoms with van der Waals surface area (Å²) in [7, 11) is 0. The normalized spacial score (nSPS) is 11.2. The van der Waals surface area contributed by atoms with E-state index in [4.69, 9.17) is 12.2 Å². The van der Waals surface area contributed by atoms with Gasteiger partial charge in [-0.05, 0) is 37.0 Å². The van der Waals surface area contributed by atoms with Gasteiger partial charge in [0.1, 0.15) is 5.82 Å². The first kappa shape index (κ1) is 22.2. The third-order valence-corrected chi connectivity index (χ3v) is 6.13. The number of aryl methyl sites for hydroxylation is 1. The van der Waals surface area contributed by atoms with Gasteiger partial charge in [0.05, 0.1) is 5.69 Å². The van der Waals surface area contributed by atoms with E-state index in [1.54, 1.807) is 11.8 Å². The lowest BCUT2D eigenvalue weighted by molar-refractivity contribution is 0.547. The van der Waals surface area contributed by atoms with Gasteiger partial charge in [-0.15, -0.1) is 11.8 Å². The zero-order chi connectivity index (χ0) is 19.3. The highest BCUT2D eigenvalue weighted by atomic mass is 32.2. The molecule has 3 nitrogen and oxygen atoms in total. The third-order valence-electron chi connectivity index (χ3n) is 5.07. The zero-order valence-corrected chi connectivity index (χ0v) is 18.6. The maximum atomic E-state index is 5.49. The van der Waals surface area contributed by atoms with Crippen LogP contribution >= 0.6 is 24.0 Å². The standard InChI is InChI=1S/C22H35N3S2/c1-3-4-5-6-7-8-9-10-11-12-13-18-21-23-24-22(26)25(21)19-16-14-15-17-20(19)27-2/h14-17H,3-13,18H2,1-2H3,(H,24,26). The van der Waals surface area contributed by atoms with Crippen molar-refractivity contribution in [3.05, 3.63) is 34.9 Å². The average Bonchev–Trinajstić information content (AvgIpc) is 3.06. The zero-order valence-electron chi connectivity index (χ0n) is 17.0. The molecule has 0 unspecified atom stereocenters. The summed E-state index contributed by atoms with van der Waals surface area (Å²) in [6.45, 7) is 2.28. The number of H-pyrrole nitrogens is 1. The van der Waals surface area contributed by atoms with Gasteiger partial charge in [-0.2, -0.15) is 5.10 Å². The number of rotatable bonds is 14. The highest BCUT2D eigenvalue weighted by Gasteiger charge is 2.11. The Balaban J connectivity index is 1.71. The molecule has 1 N–H and O–H groups in total. The van der Waals surface area contributed by atoms with E-state index in [1.165, 1.54) is 75.5 Å². The van der Waals surface area contributed by atoms with Crippen molar-refractivity contribution < 1.29 is 0 Å². The number of benzene rings is 1. The number of aromatic nitrogens is 3. The molecule has 2 rings (SSSR count). The fourth-order valence-electron chi connectivity index (χ4n) is 3.51. The number of nitrogens with zero attached hydrogens (tertiary/aromatic N) is 2. The Morgan fingerprint density at radius 3 is 2.15 bits per heavy atom. The maximum absolute atomic E-state index is 5.49. The molecule has 1 heterocycles. The van der Waals surface area contributed by atoms with Crippen molar-refractivity contribution in [2.45, 2.75) is 88.9 Å². The molecule has 0 atom stereocenters. The first-order valence-corrected chi connectivity index (χ1v) is 12.2. The average molecular weight is 406 g/mol. The second kappa shape index (κ2) is 13.2. The van der Waals surface area contributed by atoms with Crippen LogP contribution in [0.1, 0.15) is 83.4 Å². The first-order chi connectivity index (χ1) is 13.3. The molecule has 0 aliphatic carbocycles. The molecule has 1 aromatic carbocycles. The molecule has 0 spiro atoms. The van der Waals surface area contributed by atoms with Crippen LogP contribution in [-0.2, 0) is 6.42 Å². The van der Waals surface area contributed by atoms with E-state index >= 15 is 0 Å². The van der Waals surface area contributed by atoms with Crippen LogP contribution < -0.4 is 0 Å². The van der Waals surface area contributed by atoms with Gasteiger partial charge >= 0.3 is 0 Å². The van der Waals surface area contributed by atoms with Crippen LogP contribution in [0.2, 0.25) is 0 Å². The van der Waals surface area contributed by atoms with Gasteiger partial charge < -0.3 is 0 Å². The predicted octanol–water partition coefficient (Wildman–Crippen LogP) is 7.51. The van der Waals surface area contributed by atoms with Crippen molar-refractivity contribution in [2.75, 3.05) is 6.26 Å². The number of para-hydroxylation sites is 1. The van der Waals surface area contributed by atoms with E-state index in [0.717, 1.165) is 17.9 Å². The lowest BCUT2D eigenvalue weighted by Crippen LogP contribution is -2.03. The van der Waals surface area contributed by atoms with Gasteiger partial charge in [0.15, 0.2) is 4.77 Å². The Morgan fingerprint density at radius 1 is 0.926 bits per heavy atom. The summed E-state index contributed by atoms with van der Waals surface area (Å²) in [6, 6.07) is 8.40. The van der Waals surface area contributed by atoms with Crippen molar-refractivity contribution in [3.8, 4) is 5.69 Å². The van der Waals surface area contributed by atoms with Crippen LogP contribution in [-0.4, -0.2) is 21.0 Å². The number of nitrogens with one attached hydrogen (secondary N) is 1. The van der Waals surface area contributed by atoms with E-state index in [1.807, 2.05) is 0 Å². The van der Waals surface area contributed by atoms with Crippen molar-refractivity contribution in [1.82, 2.24) is 14.8 Å². The van der Waals surface area contributed by atoms with E-state index in [9.17, 15) is 0 Å². The van der Waals surface area contributed by atoms with Crippen LogP contribution in [0, 0.1) is 4.77 Å². The van der Waals surface area contributed by atoms with Gasteiger partial charge in [-0.3, -0.25) is 9.67 Å². The molecule has 5 heteroatoms. The van der Waals surface area contributed by atoms with E-state index in [0.29, 0.717) is 4.77 Å². The second-order valence-electron chi connectivity index (χ2n) is 7.24. The largest absolute Gasteiger partial charge is 0.271 e. The fraction of sp³-hybridized carbons (Fsp3) is 0.636. The van der Waals surface area contributed by atoms with Crippen molar-refractivity contribution in [2.24, 2.45) is 0 Å². The van der Waals surface area contributed by atoms with Gasteiger partial charge in [0.25, 0.3) is 0 Å². The summed E-state index contributed by atoms with van der Waals surface area (Å²) in [5, 5.41) is 7.47. The number of unbranched alkanes of at least 4 members (excludes halogenated alkanes) is 10. The third kappa shape index (κ3) is 7.46. The molecular weight excluding hydrogens is 370 g/mol. The quantitative estimate of drug-likeness (QED) is 0.201. The maximum Gasteiger partial charge on any atom is 0.199 e. The molecule has 0 saturated carbocycles. The summed E-state index contributed by atoms with van der Waals surface area (Å²) < 4.78 is 2.80. The molecule has 1 aromatic heterocycles. The monoisotopic (exact) mass is 405 g/mol. The minimum absolute atomic E-state index is 0.689. The van der Waals surface area contributed by atoms with E-state index in [-0.39, 0.29) is 0 Å². The summed E-state index contributed by atoms with van der Waals surface area (Å²) in [6.07, 6.45) is 18.1. The van der Waals surface area contributed by atoms with Crippen LogP contribution in [0.4, 0.5) is 0 Å². The molecular formula is C22H35N3S2. The Kier molecular flexibility index (Phi) is 10.8. The van der Waals surface area contributed by atoms with Gasteiger partial charge in [-0.25, -0.2) is 0 Å². The van der Waals surface area contributed by atoms with Crippen LogP contribution in [0.3, 0.4) is 0 Å². The Labute approximate surface area is 174 Å². The topological polar surface area (TPSA) is 33.6 Å². The minimum Gasteiger partial charge on any atom is -0.271 e.